The number of hydrogen-bond donors (Lipinski definition) is 2. The first-order chi connectivity index (χ1) is 10.1. The lowest BCUT2D eigenvalue weighted by molar-refractivity contribution is -0.907. The molecule has 1 aliphatic heterocycles. The highest BCUT2D eigenvalue weighted by Crippen LogP contribution is 2.37. The largest absolute Gasteiger partial charge is 0.507 e. The van der Waals surface area contributed by atoms with Crippen LogP contribution in [0, 0.1) is 5.82 Å². The minimum atomic E-state index is -0.232. The van der Waals surface area contributed by atoms with E-state index >= 15 is 0 Å². The number of ether oxygens (including phenoxy) is 2. The number of halogens is 1. The molecule has 0 aliphatic carbocycles. The molecule has 21 heavy (non-hydrogen) atoms. The fraction of sp³-hybridized carbons (Fsp3) is 0.250. The van der Waals surface area contributed by atoms with Crippen LogP contribution in [0.2, 0.25) is 0 Å². The molecule has 2 aromatic carbocycles. The molecule has 2 N–H and O–H groups in total. The Morgan fingerprint density at radius 3 is 2.48 bits per heavy atom. The van der Waals surface area contributed by atoms with Gasteiger partial charge in [0.15, 0.2) is 11.5 Å². The Morgan fingerprint density at radius 1 is 1.10 bits per heavy atom. The van der Waals surface area contributed by atoms with Gasteiger partial charge in [0.2, 0.25) is 6.79 Å². The van der Waals surface area contributed by atoms with Gasteiger partial charge in [-0.15, -0.1) is 0 Å². The summed E-state index contributed by atoms with van der Waals surface area (Å²) in [5.41, 5.74) is 1.85. The van der Waals surface area contributed by atoms with Crippen LogP contribution in [0.5, 0.6) is 17.2 Å². The SMILES string of the molecule is C[NH+](Cc1ccc(F)cc1)Cc1cc2c(cc1O)OCO2. The highest BCUT2D eigenvalue weighted by atomic mass is 19.1. The van der Waals surface area contributed by atoms with Crippen molar-refractivity contribution in [2.24, 2.45) is 0 Å². The zero-order chi connectivity index (χ0) is 14.8. The molecule has 3 rings (SSSR count). The van der Waals surface area contributed by atoms with Gasteiger partial charge in [-0.05, 0) is 18.2 Å². The standard InChI is InChI=1S/C16H16FNO3/c1-18(8-11-2-4-13(17)5-3-11)9-12-6-15-16(7-14(12)19)21-10-20-15/h2-7,19H,8-10H2,1H3/p+1. The van der Waals surface area contributed by atoms with Crippen molar-refractivity contribution in [1.29, 1.82) is 0 Å². The van der Waals surface area contributed by atoms with Crippen molar-refractivity contribution < 1.29 is 23.9 Å². The van der Waals surface area contributed by atoms with Crippen LogP contribution in [0.3, 0.4) is 0 Å². The van der Waals surface area contributed by atoms with Crippen LogP contribution in [0.25, 0.3) is 0 Å². The van der Waals surface area contributed by atoms with E-state index in [-0.39, 0.29) is 18.4 Å². The second-order valence-corrected chi connectivity index (χ2v) is 5.27. The summed E-state index contributed by atoms with van der Waals surface area (Å²) in [5.74, 6) is 1.22. The Hall–Kier alpha value is -2.27. The zero-order valence-electron chi connectivity index (χ0n) is 11.7. The van der Waals surface area contributed by atoms with Gasteiger partial charge in [-0.3, -0.25) is 0 Å². The molecule has 0 bridgehead atoms. The molecule has 0 radical (unpaired) electrons. The van der Waals surface area contributed by atoms with E-state index in [2.05, 4.69) is 0 Å². The van der Waals surface area contributed by atoms with Gasteiger partial charge in [0, 0.05) is 11.6 Å². The first-order valence-corrected chi connectivity index (χ1v) is 6.79. The van der Waals surface area contributed by atoms with E-state index in [4.69, 9.17) is 9.47 Å². The highest BCUT2D eigenvalue weighted by Gasteiger charge is 2.18. The number of benzene rings is 2. The molecular formula is C16H17FNO3+. The third-order valence-corrected chi connectivity index (χ3v) is 3.49. The molecule has 4 nitrogen and oxygen atoms in total. The molecule has 0 aromatic heterocycles. The molecule has 0 spiro atoms. The van der Waals surface area contributed by atoms with Crippen LogP contribution in [0.1, 0.15) is 11.1 Å². The Balaban J connectivity index is 1.70. The number of nitrogens with one attached hydrogen (secondary N) is 1. The minimum Gasteiger partial charge on any atom is -0.507 e. The molecule has 2 aromatic rings. The molecule has 0 saturated carbocycles. The number of hydrogen-bond acceptors (Lipinski definition) is 3. The number of aromatic hydroxyl groups is 1. The van der Waals surface area contributed by atoms with Crippen molar-refractivity contribution in [2.75, 3.05) is 13.8 Å². The number of fused-ring (bicyclic) bond motifs is 1. The Bertz CT molecular complexity index is 643. The molecular weight excluding hydrogens is 273 g/mol. The van der Waals surface area contributed by atoms with E-state index in [9.17, 15) is 9.50 Å². The number of quaternary nitrogens is 1. The van der Waals surface area contributed by atoms with Crippen LogP contribution in [0.15, 0.2) is 36.4 Å². The average molecular weight is 290 g/mol. The first kappa shape index (κ1) is 13.7. The topological polar surface area (TPSA) is 43.1 Å². The highest BCUT2D eigenvalue weighted by molar-refractivity contribution is 5.50. The van der Waals surface area contributed by atoms with Crippen LogP contribution >= 0.6 is 0 Å². The van der Waals surface area contributed by atoms with E-state index < -0.39 is 0 Å². The summed E-state index contributed by atoms with van der Waals surface area (Å²) in [6, 6.07) is 9.87. The van der Waals surface area contributed by atoms with Crippen molar-refractivity contribution in [3.8, 4) is 17.2 Å². The first-order valence-electron chi connectivity index (χ1n) is 6.79. The molecule has 0 fully saturated rings. The molecule has 110 valence electrons. The van der Waals surface area contributed by atoms with E-state index in [0.29, 0.717) is 18.0 Å². The maximum absolute atomic E-state index is 12.9. The van der Waals surface area contributed by atoms with Gasteiger partial charge in [0.1, 0.15) is 24.7 Å². The predicted molar refractivity (Wildman–Crippen MR) is 74.9 cm³/mol. The van der Waals surface area contributed by atoms with E-state index in [1.165, 1.54) is 17.0 Å². The van der Waals surface area contributed by atoms with Crippen LogP contribution in [-0.4, -0.2) is 18.9 Å². The third kappa shape index (κ3) is 3.08. The monoisotopic (exact) mass is 290 g/mol. The summed E-state index contributed by atoms with van der Waals surface area (Å²) in [6.07, 6.45) is 0. The zero-order valence-corrected chi connectivity index (χ0v) is 11.7. The predicted octanol–water partition coefficient (Wildman–Crippen LogP) is 1.47. The van der Waals surface area contributed by atoms with Crippen LogP contribution in [0.4, 0.5) is 4.39 Å². The molecule has 1 unspecified atom stereocenters. The summed E-state index contributed by atoms with van der Waals surface area (Å²) >= 11 is 0. The summed E-state index contributed by atoms with van der Waals surface area (Å²) in [4.78, 5) is 1.18. The van der Waals surface area contributed by atoms with Crippen molar-refractivity contribution in [1.82, 2.24) is 0 Å². The second-order valence-electron chi connectivity index (χ2n) is 5.27. The Kier molecular flexibility index (Phi) is 3.66. The molecule has 5 heteroatoms. The van der Waals surface area contributed by atoms with Crippen LogP contribution < -0.4 is 14.4 Å². The number of phenolic OH excluding ortho intramolecular Hbond substituents is 1. The van der Waals surface area contributed by atoms with Crippen molar-refractivity contribution in [3.63, 3.8) is 0 Å². The Labute approximate surface area is 122 Å². The van der Waals surface area contributed by atoms with E-state index in [1.54, 1.807) is 18.2 Å². The molecule has 1 aliphatic rings. The van der Waals surface area contributed by atoms with Gasteiger partial charge >= 0.3 is 0 Å². The van der Waals surface area contributed by atoms with Crippen molar-refractivity contribution >= 4 is 0 Å². The molecule has 0 amide bonds. The quantitative estimate of drug-likeness (QED) is 0.896. The van der Waals surface area contributed by atoms with Gasteiger partial charge < -0.3 is 19.5 Å². The summed E-state index contributed by atoms with van der Waals surface area (Å²) in [6.45, 7) is 1.57. The second kappa shape index (κ2) is 5.61. The maximum Gasteiger partial charge on any atom is 0.231 e. The lowest BCUT2D eigenvalue weighted by Crippen LogP contribution is -3.06. The van der Waals surface area contributed by atoms with Gasteiger partial charge in [-0.2, -0.15) is 0 Å². The van der Waals surface area contributed by atoms with Gasteiger partial charge in [0.05, 0.1) is 12.6 Å². The minimum absolute atomic E-state index is 0.191. The molecule has 1 heterocycles. The van der Waals surface area contributed by atoms with Crippen LogP contribution in [-0.2, 0) is 13.1 Å². The normalized spacial score (nSPS) is 14.2. The van der Waals surface area contributed by atoms with E-state index in [1.807, 2.05) is 13.1 Å². The van der Waals surface area contributed by atoms with Gasteiger partial charge in [0.25, 0.3) is 0 Å². The lowest BCUT2D eigenvalue weighted by atomic mass is 10.1. The van der Waals surface area contributed by atoms with Gasteiger partial charge in [-0.1, -0.05) is 12.1 Å². The summed E-state index contributed by atoms with van der Waals surface area (Å²) in [5, 5.41) is 10.0. The summed E-state index contributed by atoms with van der Waals surface area (Å²) in [7, 11) is 2.02. The fourth-order valence-electron chi connectivity index (χ4n) is 2.45. The third-order valence-electron chi connectivity index (χ3n) is 3.49. The molecule has 1 atom stereocenters. The van der Waals surface area contributed by atoms with E-state index in [0.717, 1.165) is 17.7 Å². The van der Waals surface area contributed by atoms with Crippen molar-refractivity contribution in [3.05, 3.63) is 53.3 Å². The fourth-order valence-corrected chi connectivity index (χ4v) is 2.45. The average Bonchev–Trinajstić information content (AvgIpc) is 2.89. The van der Waals surface area contributed by atoms with Gasteiger partial charge in [-0.25, -0.2) is 4.39 Å². The molecule has 0 saturated heterocycles. The van der Waals surface area contributed by atoms with Crippen molar-refractivity contribution in [2.45, 2.75) is 13.1 Å². The smallest absolute Gasteiger partial charge is 0.231 e. The lowest BCUT2D eigenvalue weighted by Gasteiger charge is -2.15. The number of rotatable bonds is 4. The number of phenols is 1. The Morgan fingerprint density at radius 2 is 1.76 bits per heavy atom. The maximum atomic E-state index is 12.9. The summed E-state index contributed by atoms with van der Waals surface area (Å²) < 4.78 is 23.4.